The molecule has 1 rings (SSSR count). The van der Waals surface area contributed by atoms with Crippen molar-refractivity contribution >= 4 is 0 Å². The minimum Gasteiger partial charge on any atom is -0.313 e. The smallest absolute Gasteiger partial charge is 0.164 e. The van der Waals surface area contributed by atoms with E-state index >= 15 is 0 Å². The summed E-state index contributed by atoms with van der Waals surface area (Å²) >= 11 is 0. The minimum absolute atomic E-state index is 0.755. The van der Waals surface area contributed by atoms with E-state index in [1.54, 1.807) is 0 Å². The third-order valence-electron chi connectivity index (χ3n) is 3.66. The molecule has 0 aliphatic carbocycles. The molecule has 0 aromatic carbocycles. The first-order valence-electron chi connectivity index (χ1n) is 8.39. The fraction of sp³-hybridized carbons (Fsp3) is 0.875. The Kier molecular flexibility index (Phi) is 10.2. The van der Waals surface area contributed by atoms with Crippen molar-refractivity contribution in [2.24, 2.45) is 0 Å². The van der Waals surface area contributed by atoms with E-state index in [1.807, 2.05) is 18.1 Å². The van der Waals surface area contributed by atoms with Crippen molar-refractivity contribution in [2.45, 2.75) is 84.2 Å². The van der Waals surface area contributed by atoms with Crippen LogP contribution in [0.4, 0.5) is 0 Å². The van der Waals surface area contributed by atoms with Crippen molar-refractivity contribution < 1.29 is 0 Å². The van der Waals surface area contributed by atoms with Crippen molar-refractivity contribution in [3.63, 3.8) is 0 Å². The van der Waals surface area contributed by atoms with Crippen molar-refractivity contribution in [1.29, 1.82) is 0 Å². The molecule has 0 atom stereocenters. The molecule has 1 aromatic rings. The lowest BCUT2D eigenvalue weighted by Gasteiger charge is -2.02. The third kappa shape index (κ3) is 8.31. The van der Waals surface area contributed by atoms with Gasteiger partial charge in [-0.25, -0.2) is 4.98 Å². The van der Waals surface area contributed by atoms with E-state index in [0.717, 1.165) is 18.9 Å². The second-order valence-electron chi connectivity index (χ2n) is 5.64. The number of unbranched alkanes of at least 4 members (excludes halogenated alkanes) is 9. The van der Waals surface area contributed by atoms with Crippen molar-refractivity contribution in [3.05, 3.63) is 12.2 Å². The van der Waals surface area contributed by atoms with E-state index in [0.29, 0.717) is 0 Å². The number of hydrogen-bond acceptors (Lipinski definition) is 3. The Labute approximate surface area is 124 Å². The topological polar surface area (TPSA) is 42.7 Å². The van der Waals surface area contributed by atoms with Crippen molar-refractivity contribution in [3.8, 4) is 0 Å². The van der Waals surface area contributed by atoms with Gasteiger partial charge in [-0.3, -0.25) is 4.68 Å². The summed E-state index contributed by atoms with van der Waals surface area (Å²) in [6, 6.07) is 0. The molecule has 0 saturated carbocycles. The van der Waals surface area contributed by atoms with Gasteiger partial charge >= 0.3 is 0 Å². The van der Waals surface area contributed by atoms with Crippen LogP contribution in [0.25, 0.3) is 0 Å². The summed E-state index contributed by atoms with van der Waals surface area (Å²) < 4.78 is 1.97. The molecule has 0 fully saturated rings. The molecule has 0 aliphatic rings. The summed E-state index contributed by atoms with van der Waals surface area (Å²) in [5.41, 5.74) is 0. The summed E-state index contributed by atoms with van der Waals surface area (Å²) in [5.74, 6) is 0.888. The quantitative estimate of drug-likeness (QED) is 0.557. The fourth-order valence-electron chi connectivity index (χ4n) is 2.44. The molecule has 4 nitrogen and oxygen atoms in total. The molecular formula is C16H32N4. The highest BCUT2D eigenvalue weighted by atomic mass is 15.3. The van der Waals surface area contributed by atoms with Gasteiger partial charge in [-0.2, -0.15) is 5.10 Å². The number of rotatable bonds is 13. The van der Waals surface area contributed by atoms with Crippen molar-refractivity contribution in [2.75, 3.05) is 7.05 Å². The normalized spacial score (nSPS) is 11.1. The van der Waals surface area contributed by atoms with Gasteiger partial charge in [-0.1, -0.05) is 64.7 Å². The summed E-state index contributed by atoms with van der Waals surface area (Å²) in [4.78, 5) is 4.26. The second kappa shape index (κ2) is 11.9. The molecule has 1 aromatic heterocycles. The van der Waals surface area contributed by atoms with Gasteiger partial charge in [0.15, 0.2) is 5.82 Å². The minimum atomic E-state index is 0.755. The number of aromatic nitrogens is 3. The average molecular weight is 280 g/mol. The predicted octanol–water partition coefficient (Wildman–Crippen LogP) is 3.92. The van der Waals surface area contributed by atoms with Crippen LogP contribution in [0.1, 0.15) is 77.0 Å². The summed E-state index contributed by atoms with van der Waals surface area (Å²) in [7, 11) is 1.92. The van der Waals surface area contributed by atoms with E-state index < -0.39 is 0 Å². The highest BCUT2D eigenvalue weighted by Gasteiger charge is 1.99. The Morgan fingerprint density at radius 3 is 2.15 bits per heavy atom. The molecule has 0 amide bonds. The Morgan fingerprint density at radius 2 is 1.55 bits per heavy atom. The van der Waals surface area contributed by atoms with Gasteiger partial charge in [0.1, 0.15) is 6.33 Å². The van der Waals surface area contributed by atoms with E-state index in [-0.39, 0.29) is 0 Å². The molecule has 116 valence electrons. The molecule has 0 aliphatic heterocycles. The summed E-state index contributed by atoms with van der Waals surface area (Å²) in [6.07, 6.45) is 15.6. The first kappa shape index (κ1) is 17.2. The van der Waals surface area contributed by atoms with Gasteiger partial charge < -0.3 is 5.32 Å². The third-order valence-corrected chi connectivity index (χ3v) is 3.66. The van der Waals surface area contributed by atoms with Crippen molar-refractivity contribution in [1.82, 2.24) is 20.1 Å². The lowest BCUT2D eigenvalue weighted by Crippen LogP contribution is -2.07. The van der Waals surface area contributed by atoms with Crippen LogP contribution < -0.4 is 5.32 Å². The van der Waals surface area contributed by atoms with Crippen LogP contribution >= 0.6 is 0 Å². The lowest BCUT2D eigenvalue weighted by atomic mass is 10.1. The highest BCUT2D eigenvalue weighted by molar-refractivity contribution is 4.79. The first-order valence-corrected chi connectivity index (χ1v) is 8.39. The Bertz CT molecular complexity index is 322. The number of nitrogens with zero attached hydrogens (tertiary/aromatic N) is 3. The Morgan fingerprint density at radius 1 is 0.950 bits per heavy atom. The highest BCUT2D eigenvalue weighted by Crippen LogP contribution is 2.10. The fourth-order valence-corrected chi connectivity index (χ4v) is 2.44. The largest absolute Gasteiger partial charge is 0.313 e. The van der Waals surface area contributed by atoms with Gasteiger partial charge in [-0.15, -0.1) is 0 Å². The molecular weight excluding hydrogens is 248 g/mol. The molecule has 0 bridgehead atoms. The van der Waals surface area contributed by atoms with Crippen LogP contribution in [-0.4, -0.2) is 21.8 Å². The second-order valence-corrected chi connectivity index (χ2v) is 5.64. The number of hydrogen-bond donors (Lipinski definition) is 1. The molecule has 4 heteroatoms. The average Bonchev–Trinajstić information content (AvgIpc) is 2.89. The van der Waals surface area contributed by atoms with E-state index in [1.165, 1.54) is 64.2 Å². The zero-order chi connectivity index (χ0) is 14.5. The number of aryl methyl sites for hydroxylation is 1. The Balaban J connectivity index is 1.89. The molecule has 1 N–H and O–H groups in total. The van der Waals surface area contributed by atoms with Crippen LogP contribution in [0.5, 0.6) is 0 Å². The van der Waals surface area contributed by atoms with E-state index in [2.05, 4.69) is 22.3 Å². The molecule has 0 unspecified atom stereocenters. The molecule has 0 spiro atoms. The summed E-state index contributed by atoms with van der Waals surface area (Å²) in [6.45, 7) is 4.04. The molecule has 0 saturated heterocycles. The zero-order valence-electron chi connectivity index (χ0n) is 13.4. The van der Waals surface area contributed by atoms with Gasteiger partial charge in [0, 0.05) is 6.54 Å². The Hall–Kier alpha value is -0.900. The van der Waals surface area contributed by atoms with Gasteiger partial charge in [0.05, 0.1) is 6.54 Å². The maximum atomic E-state index is 4.42. The van der Waals surface area contributed by atoms with Crippen LogP contribution in [0, 0.1) is 0 Å². The summed E-state index contributed by atoms with van der Waals surface area (Å²) in [5, 5.41) is 7.49. The number of nitrogens with one attached hydrogen (secondary N) is 1. The van der Waals surface area contributed by atoms with Gasteiger partial charge in [0.2, 0.25) is 0 Å². The monoisotopic (exact) mass is 280 g/mol. The van der Waals surface area contributed by atoms with Crippen LogP contribution in [0.2, 0.25) is 0 Å². The maximum Gasteiger partial charge on any atom is 0.164 e. The first-order chi connectivity index (χ1) is 9.86. The van der Waals surface area contributed by atoms with Gasteiger partial charge in [0.25, 0.3) is 0 Å². The van der Waals surface area contributed by atoms with E-state index in [9.17, 15) is 0 Å². The molecule has 0 radical (unpaired) electrons. The van der Waals surface area contributed by atoms with Crippen LogP contribution in [0.3, 0.4) is 0 Å². The SMILES string of the molecule is CCCCCCCCCCCCn1cnc(CNC)n1. The van der Waals surface area contributed by atoms with Crippen LogP contribution in [-0.2, 0) is 13.1 Å². The standard InChI is InChI=1S/C16H32N4/c1-3-4-5-6-7-8-9-10-11-12-13-20-15-18-16(19-20)14-17-2/h15,17H,3-14H2,1-2H3. The lowest BCUT2D eigenvalue weighted by molar-refractivity contribution is 0.512. The van der Waals surface area contributed by atoms with E-state index in [4.69, 9.17) is 0 Å². The van der Waals surface area contributed by atoms with Gasteiger partial charge in [-0.05, 0) is 13.5 Å². The zero-order valence-corrected chi connectivity index (χ0v) is 13.4. The van der Waals surface area contributed by atoms with Crippen LogP contribution in [0.15, 0.2) is 6.33 Å². The molecule has 1 heterocycles. The predicted molar refractivity (Wildman–Crippen MR) is 84.6 cm³/mol. The molecule has 20 heavy (non-hydrogen) atoms. The maximum absolute atomic E-state index is 4.42.